The van der Waals surface area contributed by atoms with Gasteiger partial charge in [-0.05, 0) is 45.7 Å². The molecule has 0 saturated carbocycles. The van der Waals surface area contributed by atoms with Crippen molar-refractivity contribution in [1.29, 1.82) is 0 Å². The summed E-state index contributed by atoms with van der Waals surface area (Å²) in [5.41, 5.74) is 1.000. The van der Waals surface area contributed by atoms with Gasteiger partial charge in [0.25, 0.3) is 0 Å². The van der Waals surface area contributed by atoms with Gasteiger partial charge in [-0.3, -0.25) is 0 Å². The summed E-state index contributed by atoms with van der Waals surface area (Å²) >= 11 is 9.16. The molecular weight excluding hydrogens is 380 g/mol. The minimum Gasteiger partial charge on any atom is -0.470 e. The van der Waals surface area contributed by atoms with E-state index >= 15 is 0 Å². The quantitative estimate of drug-likeness (QED) is 0.637. The molecule has 0 bridgehead atoms. The van der Waals surface area contributed by atoms with E-state index in [2.05, 4.69) is 47.9 Å². The monoisotopic (exact) mass is 390 g/mol. The Bertz CT molecular complexity index is 870. The van der Waals surface area contributed by atoms with Crippen LogP contribution in [0, 0.1) is 0 Å². The van der Waals surface area contributed by atoms with E-state index in [9.17, 15) is 0 Å². The Kier molecular flexibility index (Phi) is 3.79. The molecule has 23 heavy (non-hydrogen) atoms. The third-order valence-electron chi connectivity index (χ3n) is 3.72. The van der Waals surface area contributed by atoms with Crippen LogP contribution in [0.15, 0.2) is 47.1 Å². The van der Waals surface area contributed by atoms with E-state index in [1.807, 2.05) is 24.3 Å². The molecule has 0 unspecified atom stereocenters. The van der Waals surface area contributed by atoms with Crippen molar-refractivity contribution in [3.05, 3.63) is 52.4 Å². The van der Waals surface area contributed by atoms with Gasteiger partial charge in [0.05, 0.1) is 23.1 Å². The second-order valence-electron chi connectivity index (χ2n) is 5.30. The summed E-state index contributed by atoms with van der Waals surface area (Å²) in [5.74, 6) is 1.43. The predicted molar refractivity (Wildman–Crippen MR) is 93.1 cm³/mol. The number of anilines is 1. The molecule has 1 aliphatic heterocycles. The van der Waals surface area contributed by atoms with Crippen molar-refractivity contribution >= 4 is 44.3 Å². The van der Waals surface area contributed by atoms with Gasteiger partial charge in [0.2, 0.25) is 11.2 Å². The van der Waals surface area contributed by atoms with Crippen molar-refractivity contribution in [2.45, 2.75) is 6.10 Å². The predicted octanol–water partition coefficient (Wildman–Crippen LogP) is 3.71. The number of hydrogen-bond donors (Lipinski definition) is 0. The Morgan fingerprint density at radius 2 is 1.96 bits per heavy atom. The number of ether oxygens (including phenoxy) is 1. The summed E-state index contributed by atoms with van der Waals surface area (Å²) in [6.45, 7) is 1.53. The van der Waals surface area contributed by atoms with Crippen LogP contribution in [0.3, 0.4) is 0 Å². The van der Waals surface area contributed by atoms with Gasteiger partial charge in [-0.25, -0.2) is 9.97 Å². The molecule has 0 amide bonds. The highest BCUT2D eigenvalue weighted by molar-refractivity contribution is 9.10. The molecule has 4 rings (SSSR count). The fourth-order valence-corrected chi connectivity index (χ4v) is 2.91. The smallest absolute Gasteiger partial charge is 0.232 e. The van der Waals surface area contributed by atoms with Crippen LogP contribution in [0.5, 0.6) is 5.88 Å². The lowest BCUT2D eigenvalue weighted by Crippen LogP contribution is -2.54. The molecule has 1 saturated heterocycles. The van der Waals surface area contributed by atoms with Crippen molar-refractivity contribution in [3.63, 3.8) is 0 Å². The van der Waals surface area contributed by atoms with Crippen LogP contribution >= 0.6 is 27.5 Å². The first-order chi connectivity index (χ1) is 11.2. The zero-order valence-corrected chi connectivity index (χ0v) is 14.3. The van der Waals surface area contributed by atoms with Crippen LogP contribution in [-0.4, -0.2) is 34.1 Å². The number of nitrogens with zero attached hydrogens (tertiary/aromatic N) is 4. The van der Waals surface area contributed by atoms with E-state index in [1.54, 1.807) is 6.20 Å². The summed E-state index contributed by atoms with van der Waals surface area (Å²) in [6, 6.07) is 12.2. The molecule has 5 nitrogen and oxygen atoms in total. The highest BCUT2D eigenvalue weighted by Crippen LogP contribution is 2.28. The Morgan fingerprint density at radius 1 is 1.13 bits per heavy atom. The second-order valence-corrected chi connectivity index (χ2v) is 6.49. The molecular formula is C16H12BrClN4O. The van der Waals surface area contributed by atoms with Gasteiger partial charge in [-0.2, -0.15) is 4.98 Å². The third-order valence-corrected chi connectivity index (χ3v) is 4.44. The minimum absolute atomic E-state index is 0.0607. The maximum Gasteiger partial charge on any atom is 0.232 e. The largest absolute Gasteiger partial charge is 0.470 e. The van der Waals surface area contributed by atoms with Crippen LogP contribution < -0.4 is 9.64 Å². The molecule has 7 heteroatoms. The number of aromatic nitrogens is 3. The summed E-state index contributed by atoms with van der Waals surface area (Å²) in [4.78, 5) is 14.8. The van der Waals surface area contributed by atoms with Crippen LogP contribution in [0.4, 0.5) is 5.82 Å². The van der Waals surface area contributed by atoms with E-state index in [4.69, 9.17) is 16.3 Å². The molecule has 0 N–H and O–H groups in total. The Balaban J connectivity index is 1.45. The zero-order valence-electron chi connectivity index (χ0n) is 12.0. The first-order valence-electron chi connectivity index (χ1n) is 7.14. The number of rotatable bonds is 3. The first kappa shape index (κ1) is 14.7. The average Bonchev–Trinajstić information content (AvgIpc) is 2.53. The summed E-state index contributed by atoms with van der Waals surface area (Å²) < 4.78 is 6.55. The van der Waals surface area contributed by atoms with Crippen molar-refractivity contribution in [1.82, 2.24) is 15.0 Å². The van der Waals surface area contributed by atoms with Gasteiger partial charge in [0.1, 0.15) is 11.9 Å². The van der Waals surface area contributed by atoms with E-state index in [1.165, 1.54) is 0 Å². The van der Waals surface area contributed by atoms with Crippen LogP contribution in [0.1, 0.15) is 0 Å². The molecule has 1 aromatic carbocycles. The SMILES string of the molecule is Clc1ncc(Br)c(OC2CN(c3ccc4ccccc4n3)C2)n1. The molecule has 2 aromatic heterocycles. The van der Waals surface area contributed by atoms with E-state index in [0.29, 0.717) is 10.4 Å². The topological polar surface area (TPSA) is 51.1 Å². The van der Waals surface area contributed by atoms with Crippen molar-refractivity contribution in [3.8, 4) is 5.88 Å². The number of hydrogen-bond acceptors (Lipinski definition) is 5. The average molecular weight is 392 g/mol. The zero-order chi connectivity index (χ0) is 15.8. The molecule has 0 aliphatic carbocycles. The van der Waals surface area contributed by atoms with Crippen molar-refractivity contribution in [2.75, 3.05) is 18.0 Å². The maximum absolute atomic E-state index is 5.85. The highest BCUT2D eigenvalue weighted by atomic mass is 79.9. The molecule has 3 aromatic rings. The number of pyridine rings is 1. The standard InChI is InChI=1S/C16H12BrClN4O/c17-12-7-19-16(18)21-15(12)23-11-8-22(9-11)14-6-5-10-3-1-2-4-13(10)20-14/h1-7,11H,8-9H2. The van der Waals surface area contributed by atoms with Crippen molar-refractivity contribution < 1.29 is 4.74 Å². The lowest BCUT2D eigenvalue weighted by atomic mass is 10.1. The molecule has 1 fully saturated rings. The van der Waals surface area contributed by atoms with E-state index < -0.39 is 0 Å². The van der Waals surface area contributed by atoms with Gasteiger partial charge in [-0.1, -0.05) is 18.2 Å². The van der Waals surface area contributed by atoms with Crippen LogP contribution in [0.2, 0.25) is 5.28 Å². The Hall–Kier alpha value is -1.92. The minimum atomic E-state index is 0.0607. The number of fused-ring (bicyclic) bond motifs is 1. The van der Waals surface area contributed by atoms with Gasteiger partial charge >= 0.3 is 0 Å². The van der Waals surface area contributed by atoms with Gasteiger partial charge in [-0.15, -0.1) is 0 Å². The Morgan fingerprint density at radius 3 is 2.83 bits per heavy atom. The lowest BCUT2D eigenvalue weighted by Gasteiger charge is -2.39. The van der Waals surface area contributed by atoms with Crippen LogP contribution in [0.25, 0.3) is 10.9 Å². The van der Waals surface area contributed by atoms with Gasteiger partial charge in [0.15, 0.2) is 0 Å². The number of halogens is 2. The molecule has 0 atom stereocenters. The molecule has 116 valence electrons. The lowest BCUT2D eigenvalue weighted by molar-refractivity contribution is 0.158. The maximum atomic E-state index is 5.85. The molecule has 0 spiro atoms. The summed E-state index contributed by atoms with van der Waals surface area (Å²) in [5, 5.41) is 1.32. The number of benzene rings is 1. The van der Waals surface area contributed by atoms with Crippen molar-refractivity contribution in [2.24, 2.45) is 0 Å². The fourth-order valence-electron chi connectivity index (χ4n) is 2.50. The van der Waals surface area contributed by atoms with Gasteiger partial charge < -0.3 is 9.64 Å². The molecule has 0 radical (unpaired) electrons. The third kappa shape index (κ3) is 2.96. The Labute approximate surface area is 146 Å². The van der Waals surface area contributed by atoms with Crippen LogP contribution in [-0.2, 0) is 0 Å². The second kappa shape index (κ2) is 5.94. The summed E-state index contributed by atoms with van der Waals surface area (Å²) in [7, 11) is 0. The van der Waals surface area contributed by atoms with E-state index in [0.717, 1.165) is 29.8 Å². The number of para-hydroxylation sites is 1. The van der Waals surface area contributed by atoms with E-state index in [-0.39, 0.29) is 11.4 Å². The highest BCUT2D eigenvalue weighted by Gasteiger charge is 2.30. The molecule has 1 aliphatic rings. The fraction of sp³-hybridized carbons (Fsp3) is 0.188. The summed E-state index contributed by atoms with van der Waals surface area (Å²) in [6.07, 6.45) is 1.65. The van der Waals surface area contributed by atoms with Gasteiger partial charge in [0, 0.05) is 11.6 Å². The normalized spacial score (nSPS) is 14.8. The molecule has 3 heterocycles. The first-order valence-corrected chi connectivity index (χ1v) is 8.31.